The van der Waals surface area contributed by atoms with Crippen molar-refractivity contribution in [1.29, 1.82) is 0 Å². The number of aromatic nitrogens is 2. The Kier molecular flexibility index (Phi) is 5.35. The first kappa shape index (κ1) is 18.6. The number of para-hydroxylation sites is 1. The normalized spacial score (nSPS) is 14.2. The van der Waals surface area contributed by atoms with Crippen LogP contribution in [0.3, 0.4) is 0 Å². The maximum absolute atomic E-state index is 6.23. The van der Waals surface area contributed by atoms with Crippen LogP contribution in [0.15, 0.2) is 54.7 Å². The van der Waals surface area contributed by atoms with Crippen LogP contribution >= 0.6 is 11.6 Å². The molecule has 5 nitrogen and oxygen atoms in total. The lowest BCUT2D eigenvalue weighted by Gasteiger charge is -2.37. The summed E-state index contributed by atoms with van der Waals surface area (Å²) >= 11 is 6.23. The summed E-state index contributed by atoms with van der Waals surface area (Å²) in [6, 6.07) is 16.1. The van der Waals surface area contributed by atoms with Crippen LogP contribution in [0.25, 0.3) is 0 Å². The Balaban J connectivity index is 1.45. The van der Waals surface area contributed by atoms with Gasteiger partial charge in [0.05, 0.1) is 10.7 Å². The zero-order chi connectivity index (χ0) is 19.5. The smallest absolute Gasteiger partial charge is 0.229 e. The van der Waals surface area contributed by atoms with Crippen molar-refractivity contribution in [2.24, 2.45) is 0 Å². The van der Waals surface area contributed by atoms with Crippen molar-refractivity contribution in [3.8, 4) is 0 Å². The van der Waals surface area contributed by atoms with Gasteiger partial charge in [-0.25, -0.2) is 4.98 Å². The molecule has 4 rings (SSSR count). The number of nitrogens with zero attached hydrogens (tertiary/aromatic N) is 4. The number of hydrogen-bond donors (Lipinski definition) is 1. The van der Waals surface area contributed by atoms with E-state index in [4.69, 9.17) is 11.6 Å². The molecule has 1 aliphatic heterocycles. The fraction of sp³-hybridized carbons (Fsp3) is 0.273. The second-order valence-electron chi connectivity index (χ2n) is 7.04. The van der Waals surface area contributed by atoms with Crippen LogP contribution in [0.2, 0.25) is 5.02 Å². The number of hydrogen-bond acceptors (Lipinski definition) is 5. The van der Waals surface area contributed by atoms with Crippen molar-refractivity contribution in [3.63, 3.8) is 0 Å². The number of aryl methyl sites for hydroxylation is 1. The molecule has 1 saturated heterocycles. The quantitative estimate of drug-likeness (QED) is 0.688. The highest BCUT2D eigenvalue weighted by atomic mass is 35.5. The van der Waals surface area contributed by atoms with Gasteiger partial charge in [0.2, 0.25) is 5.95 Å². The molecule has 0 aliphatic carbocycles. The van der Waals surface area contributed by atoms with Gasteiger partial charge in [-0.2, -0.15) is 4.98 Å². The molecule has 1 aromatic heterocycles. The van der Waals surface area contributed by atoms with Gasteiger partial charge in [0, 0.05) is 38.1 Å². The van der Waals surface area contributed by atoms with Crippen LogP contribution in [0, 0.1) is 13.8 Å². The largest absolute Gasteiger partial charge is 0.368 e. The van der Waals surface area contributed by atoms with E-state index < -0.39 is 0 Å². The van der Waals surface area contributed by atoms with Gasteiger partial charge >= 0.3 is 0 Å². The van der Waals surface area contributed by atoms with Crippen molar-refractivity contribution >= 4 is 34.7 Å². The van der Waals surface area contributed by atoms with Gasteiger partial charge in [-0.3, -0.25) is 0 Å². The second-order valence-corrected chi connectivity index (χ2v) is 7.44. The summed E-state index contributed by atoms with van der Waals surface area (Å²) in [4.78, 5) is 13.8. The SMILES string of the molecule is Cc1cccc(N2CCN(c3ccnc(Nc4ccccc4Cl)n3)CC2)c1C. The molecule has 0 spiro atoms. The van der Waals surface area contributed by atoms with Crippen molar-refractivity contribution in [1.82, 2.24) is 9.97 Å². The van der Waals surface area contributed by atoms with Gasteiger partial charge in [0.15, 0.2) is 0 Å². The van der Waals surface area contributed by atoms with Gasteiger partial charge < -0.3 is 15.1 Å². The van der Waals surface area contributed by atoms with E-state index in [0.717, 1.165) is 37.7 Å². The Hall–Kier alpha value is -2.79. The molecule has 0 amide bonds. The van der Waals surface area contributed by atoms with E-state index >= 15 is 0 Å². The van der Waals surface area contributed by atoms with Crippen LogP contribution in [-0.4, -0.2) is 36.1 Å². The first-order valence-electron chi connectivity index (χ1n) is 9.52. The minimum atomic E-state index is 0.558. The Labute approximate surface area is 171 Å². The third-order valence-corrected chi connectivity index (χ3v) is 5.61. The summed E-state index contributed by atoms with van der Waals surface area (Å²) < 4.78 is 0. The molecule has 0 bridgehead atoms. The topological polar surface area (TPSA) is 44.3 Å². The van der Waals surface area contributed by atoms with Crippen LogP contribution in [0.1, 0.15) is 11.1 Å². The van der Waals surface area contributed by atoms with Gasteiger partial charge in [-0.05, 0) is 49.2 Å². The predicted octanol–water partition coefficient (Wildman–Crippen LogP) is 4.82. The molecule has 0 radical (unpaired) electrons. The molecule has 144 valence electrons. The Morgan fingerprint density at radius 2 is 1.64 bits per heavy atom. The molecule has 2 aromatic carbocycles. The molecule has 1 fully saturated rings. The number of nitrogens with one attached hydrogen (secondary N) is 1. The van der Waals surface area contributed by atoms with Crippen molar-refractivity contribution in [2.75, 3.05) is 41.3 Å². The van der Waals surface area contributed by atoms with E-state index in [1.165, 1.54) is 16.8 Å². The Morgan fingerprint density at radius 1 is 0.893 bits per heavy atom. The number of piperazine rings is 1. The molecule has 0 atom stereocenters. The average Bonchev–Trinajstić information content (AvgIpc) is 2.72. The lowest BCUT2D eigenvalue weighted by molar-refractivity contribution is 0.646. The number of anilines is 4. The van der Waals surface area contributed by atoms with E-state index in [9.17, 15) is 0 Å². The Bertz CT molecular complexity index is 967. The molecule has 0 saturated carbocycles. The molecule has 2 heterocycles. The average molecular weight is 394 g/mol. The lowest BCUT2D eigenvalue weighted by atomic mass is 10.1. The van der Waals surface area contributed by atoms with Crippen molar-refractivity contribution < 1.29 is 0 Å². The maximum atomic E-state index is 6.23. The number of halogens is 1. The minimum absolute atomic E-state index is 0.558. The third kappa shape index (κ3) is 3.90. The summed E-state index contributed by atoms with van der Waals surface area (Å²) in [6.45, 7) is 8.17. The minimum Gasteiger partial charge on any atom is -0.368 e. The fourth-order valence-corrected chi connectivity index (χ4v) is 3.71. The predicted molar refractivity (Wildman–Crippen MR) is 117 cm³/mol. The third-order valence-electron chi connectivity index (χ3n) is 5.28. The first-order chi connectivity index (χ1) is 13.6. The van der Waals surface area contributed by atoms with Crippen LogP contribution in [0.5, 0.6) is 0 Å². The van der Waals surface area contributed by atoms with Gasteiger partial charge in [0.1, 0.15) is 5.82 Å². The zero-order valence-electron chi connectivity index (χ0n) is 16.2. The number of benzene rings is 2. The highest BCUT2D eigenvalue weighted by Gasteiger charge is 2.20. The molecule has 0 unspecified atom stereocenters. The summed E-state index contributed by atoms with van der Waals surface area (Å²) in [5, 5.41) is 3.86. The fourth-order valence-electron chi connectivity index (χ4n) is 3.52. The molecular formula is C22H24ClN5. The molecule has 1 aliphatic rings. The van der Waals surface area contributed by atoms with Crippen LogP contribution in [0.4, 0.5) is 23.1 Å². The monoisotopic (exact) mass is 393 g/mol. The lowest BCUT2D eigenvalue weighted by Crippen LogP contribution is -2.47. The van der Waals surface area contributed by atoms with Crippen molar-refractivity contribution in [2.45, 2.75) is 13.8 Å². The molecule has 3 aromatic rings. The summed E-state index contributed by atoms with van der Waals surface area (Å²) in [6.07, 6.45) is 1.79. The van der Waals surface area contributed by atoms with E-state index in [2.05, 4.69) is 57.1 Å². The first-order valence-corrected chi connectivity index (χ1v) is 9.90. The highest BCUT2D eigenvalue weighted by molar-refractivity contribution is 6.33. The summed E-state index contributed by atoms with van der Waals surface area (Å²) in [7, 11) is 0. The maximum Gasteiger partial charge on any atom is 0.229 e. The highest BCUT2D eigenvalue weighted by Crippen LogP contribution is 2.26. The van der Waals surface area contributed by atoms with E-state index in [1.54, 1.807) is 6.20 Å². The number of rotatable bonds is 4. The Morgan fingerprint density at radius 3 is 2.43 bits per heavy atom. The summed E-state index contributed by atoms with van der Waals surface area (Å²) in [5.74, 6) is 1.49. The molecular weight excluding hydrogens is 370 g/mol. The molecule has 6 heteroatoms. The van der Waals surface area contributed by atoms with E-state index in [1.807, 2.05) is 30.3 Å². The zero-order valence-corrected chi connectivity index (χ0v) is 16.9. The molecule has 28 heavy (non-hydrogen) atoms. The van der Waals surface area contributed by atoms with Gasteiger partial charge in [-0.1, -0.05) is 35.9 Å². The summed E-state index contributed by atoms with van der Waals surface area (Å²) in [5.41, 5.74) is 4.85. The van der Waals surface area contributed by atoms with Gasteiger partial charge in [0.25, 0.3) is 0 Å². The second kappa shape index (κ2) is 8.07. The van der Waals surface area contributed by atoms with Crippen molar-refractivity contribution in [3.05, 3.63) is 70.9 Å². The molecule has 1 N–H and O–H groups in total. The van der Waals surface area contributed by atoms with Crippen LogP contribution < -0.4 is 15.1 Å². The van der Waals surface area contributed by atoms with Crippen LogP contribution in [-0.2, 0) is 0 Å². The standard InChI is InChI=1S/C22H24ClN5/c1-16-6-5-9-20(17(16)2)27-12-14-28(15-13-27)21-10-11-24-22(26-21)25-19-8-4-3-7-18(19)23/h3-11H,12-15H2,1-2H3,(H,24,25,26). The van der Waals surface area contributed by atoms with E-state index in [0.29, 0.717) is 11.0 Å². The van der Waals surface area contributed by atoms with E-state index in [-0.39, 0.29) is 0 Å². The van der Waals surface area contributed by atoms with Gasteiger partial charge in [-0.15, -0.1) is 0 Å².